The van der Waals surface area contributed by atoms with Gasteiger partial charge in [0.2, 0.25) is 0 Å². The molecule has 6 heteroatoms. The normalized spacial score (nSPS) is 12.6. The third-order valence-corrected chi connectivity index (χ3v) is 9.32. The largest absolute Gasteiger partial charge is 0.292 e. The molecular weight excluding hydrogens is 485 g/mol. The van der Waals surface area contributed by atoms with Gasteiger partial charge in [-0.3, -0.25) is 9.38 Å². The fraction of sp³-hybridized carbons (Fsp3) is 0. The molecule has 0 N–H and O–H groups in total. The van der Waals surface area contributed by atoms with Crippen molar-refractivity contribution in [3.8, 4) is 0 Å². The smallest absolute Gasteiger partial charge is 0.160 e. The molecule has 8 rings (SSSR count). The highest BCUT2D eigenvalue weighted by atomic mass is 31.1. The van der Waals surface area contributed by atoms with Gasteiger partial charge in [-0.05, 0) is 29.6 Å². The summed E-state index contributed by atoms with van der Waals surface area (Å²) in [5, 5.41) is 6.70. The van der Waals surface area contributed by atoms with E-state index in [0.29, 0.717) is 0 Å². The van der Waals surface area contributed by atoms with Crippen molar-refractivity contribution in [2.24, 2.45) is 0 Å². The Kier molecular flexibility index (Phi) is 4.73. The Morgan fingerprint density at radius 2 is 1.32 bits per heavy atom. The summed E-state index contributed by atoms with van der Waals surface area (Å²) in [6.07, 6.45) is 5.89. The van der Waals surface area contributed by atoms with Gasteiger partial charge in [0.1, 0.15) is 5.65 Å². The van der Waals surface area contributed by atoms with E-state index in [9.17, 15) is 0 Å². The zero-order chi connectivity index (χ0) is 25.1. The van der Waals surface area contributed by atoms with E-state index >= 15 is 0 Å². The van der Waals surface area contributed by atoms with Crippen molar-refractivity contribution >= 4 is 73.4 Å². The SMILES string of the molecule is c1ccc(P(c2ncc3ccccc3n2)c2cncc3c2c2ccccc2n2c4ccccc4nc32)cc1. The third kappa shape index (κ3) is 3.16. The van der Waals surface area contributed by atoms with Crippen molar-refractivity contribution in [2.75, 3.05) is 0 Å². The fourth-order valence-corrected chi connectivity index (χ4v) is 7.63. The van der Waals surface area contributed by atoms with Gasteiger partial charge in [0.25, 0.3) is 0 Å². The lowest BCUT2D eigenvalue weighted by atomic mass is 10.1. The summed E-state index contributed by atoms with van der Waals surface area (Å²) in [7, 11) is -1.09. The maximum atomic E-state index is 5.08. The van der Waals surface area contributed by atoms with E-state index in [1.54, 1.807) is 0 Å². The average molecular weight is 506 g/mol. The minimum absolute atomic E-state index is 0.816. The predicted octanol–water partition coefficient (Wildman–Crippen LogP) is 5.89. The molecule has 0 saturated carbocycles. The zero-order valence-electron chi connectivity index (χ0n) is 20.2. The number of nitrogens with zero attached hydrogens (tertiary/aromatic N) is 5. The summed E-state index contributed by atoms with van der Waals surface area (Å²) in [4.78, 5) is 19.9. The van der Waals surface area contributed by atoms with Crippen molar-refractivity contribution in [3.05, 3.63) is 122 Å². The molecule has 0 radical (unpaired) electrons. The Morgan fingerprint density at radius 1 is 0.579 bits per heavy atom. The minimum Gasteiger partial charge on any atom is -0.292 e. The predicted molar refractivity (Wildman–Crippen MR) is 157 cm³/mol. The third-order valence-electron chi connectivity index (χ3n) is 7.07. The highest BCUT2D eigenvalue weighted by Gasteiger charge is 2.25. The van der Waals surface area contributed by atoms with E-state index in [1.807, 2.05) is 36.8 Å². The number of imidazole rings is 1. The maximum absolute atomic E-state index is 5.08. The first-order valence-corrected chi connectivity index (χ1v) is 13.8. The molecule has 178 valence electrons. The summed E-state index contributed by atoms with van der Waals surface area (Å²) in [6, 6.07) is 35.6. The Morgan fingerprint density at radius 3 is 2.21 bits per heavy atom. The van der Waals surface area contributed by atoms with Gasteiger partial charge in [-0.15, -0.1) is 0 Å². The second kappa shape index (κ2) is 8.41. The van der Waals surface area contributed by atoms with Gasteiger partial charge in [-0.25, -0.2) is 15.0 Å². The van der Waals surface area contributed by atoms with Crippen LogP contribution in [0.25, 0.3) is 49.3 Å². The van der Waals surface area contributed by atoms with Gasteiger partial charge in [-0.1, -0.05) is 78.9 Å². The number of pyridine rings is 2. The van der Waals surface area contributed by atoms with Gasteiger partial charge in [0, 0.05) is 53.4 Å². The maximum Gasteiger partial charge on any atom is 0.160 e. The lowest BCUT2D eigenvalue weighted by molar-refractivity contribution is 1.29. The van der Waals surface area contributed by atoms with Crippen LogP contribution in [0.5, 0.6) is 0 Å². The summed E-state index contributed by atoms with van der Waals surface area (Å²) < 4.78 is 2.26. The van der Waals surface area contributed by atoms with Crippen LogP contribution in [0.3, 0.4) is 0 Å². The lowest BCUT2D eigenvalue weighted by Gasteiger charge is -2.20. The second-order valence-electron chi connectivity index (χ2n) is 9.26. The first kappa shape index (κ1) is 21.4. The molecule has 8 aromatic rings. The first-order valence-electron chi connectivity index (χ1n) is 12.5. The van der Waals surface area contributed by atoms with Crippen LogP contribution in [-0.2, 0) is 0 Å². The van der Waals surface area contributed by atoms with E-state index < -0.39 is 7.92 Å². The molecule has 5 nitrogen and oxygen atoms in total. The molecule has 0 bridgehead atoms. The van der Waals surface area contributed by atoms with E-state index in [1.165, 1.54) is 10.7 Å². The molecule has 0 fully saturated rings. The van der Waals surface area contributed by atoms with Gasteiger partial charge in [0.15, 0.2) is 5.57 Å². The zero-order valence-corrected chi connectivity index (χ0v) is 21.1. The number of hydrogen-bond donors (Lipinski definition) is 0. The fourth-order valence-electron chi connectivity index (χ4n) is 5.41. The van der Waals surface area contributed by atoms with Crippen molar-refractivity contribution < 1.29 is 0 Å². The number of fused-ring (bicyclic) bond motifs is 9. The Hall–Kier alpha value is -4.73. The van der Waals surface area contributed by atoms with E-state index in [0.717, 1.165) is 54.7 Å². The lowest BCUT2D eigenvalue weighted by Crippen LogP contribution is -2.26. The monoisotopic (exact) mass is 505 g/mol. The van der Waals surface area contributed by atoms with Gasteiger partial charge < -0.3 is 0 Å². The van der Waals surface area contributed by atoms with Crippen LogP contribution in [0.2, 0.25) is 0 Å². The second-order valence-corrected chi connectivity index (χ2v) is 11.3. The van der Waals surface area contributed by atoms with E-state index in [4.69, 9.17) is 19.9 Å². The highest BCUT2D eigenvalue weighted by Crippen LogP contribution is 2.38. The Labute approximate surface area is 219 Å². The number of benzene rings is 4. The molecule has 1 unspecified atom stereocenters. The molecule has 0 aliphatic rings. The molecule has 0 aliphatic carbocycles. The summed E-state index contributed by atoms with van der Waals surface area (Å²) in [6.45, 7) is 0. The molecule has 1 atom stereocenters. The molecule has 0 spiro atoms. The molecule has 0 aliphatic heterocycles. The molecule has 38 heavy (non-hydrogen) atoms. The topological polar surface area (TPSA) is 56.0 Å². The van der Waals surface area contributed by atoms with Crippen LogP contribution < -0.4 is 16.2 Å². The first-order chi connectivity index (χ1) is 18.9. The minimum atomic E-state index is -1.09. The molecule has 4 aromatic heterocycles. The number of para-hydroxylation sites is 4. The standard InChI is InChI=1S/C32H20N5P/c1-2-11-22(12-3-1)38(32-34-18-21-10-4-6-14-25(21)36-32)29-20-33-19-24-30(29)23-13-5-8-16-27(23)37-28-17-9-7-15-26(28)35-31(24)37/h1-20H. The van der Waals surface area contributed by atoms with Gasteiger partial charge in [-0.2, -0.15) is 0 Å². The van der Waals surface area contributed by atoms with Crippen molar-refractivity contribution in [3.63, 3.8) is 0 Å². The van der Waals surface area contributed by atoms with Gasteiger partial charge in [0.05, 0.1) is 22.1 Å². The van der Waals surface area contributed by atoms with Crippen LogP contribution >= 0.6 is 7.92 Å². The van der Waals surface area contributed by atoms with E-state index in [-0.39, 0.29) is 0 Å². The molecular formula is C32H20N5P. The van der Waals surface area contributed by atoms with Crippen LogP contribution in [0, 0.1) is 0 Å². The molecule has 0 saturated heterocycles. The van der Waals surface area contributed by atoms with Crippen molar-refractivity contribution in [1.29, 1.82) is 0 Å². The molecule has 0 amide bonds. The van der Waals surface area contributed by atoms with Crippen LogP contribution in [-0.4, -0.2) is 24.3 Å². The van der Waals surface area contributed by atoms with E-state index in [2.05, 4.69) is 89.3 Å². The van der Waals surface area contributed by atoms with Gasteiger partial charge >= 0.3 is 0 Å². The average Bonchev–Trinajstić information content (AvgIpc) is 3.38. The summed E-state index contributed by atoms with van der Waals surface area (Å²) in [5.41, 5.74) is 5.86. The number of aromatic nitrogens is 5. The Balaban J connectivity index is 1.53. The number of rotatable bonds is 3. The summed E-state index contributed by atoms with van der Waals surface area (Å²) >= 11 is 0. The van der Waals surface area contributed by atoms with Crippen LogP contribution in [0.4, 0.5) is 0 Å². The quantitative estimate of drug-likeness (QED) is 0.222. The van der Waals surface area contributed by atoms with Crippen molar-refractivity contribution in [2.45, 2.75) is 0 Å². The number of hydrogen-bond acceptors (Lipinski definition) is 4. The molecule has 4 heterocycles. The van der Waals surface area contributed by atoms with Crippen molar-refractivity contribution in [1.82, 2.24) is 24.3 Å². The highest BCUT2D eigenvalue weighted by molar-refractivity contribution is 7.79. The Bertz CT molecular complexity index is 2150. The summed E-state index contributed by atoms with van der Waals surface area (Å²) in [5.74, 6) is 0. The van der Waals surface area contributed by atoms with Crippen LogP contribution in [0.1, 0.15) is 0 Å². The van der Waals surface area contributed by atoms with Crippen LogP contribution in [0.15, 0.2) is 122 Å². The molecule has 4 aromatic carbocycles.